The third kappa shape index (κ3) is 4.35. The molecule has 0 saturated heterocycles. The summed E-state index contributed by atoms with van der Waals surface area (Å²) in [4.78, 5) is 24.0. The summed E-state index contributed by atoms with van der Waals surface area (Å²) in [5.74, 6) is 0. The maximum Gasteiger partial charge on any atom is 0.294 e. The molecule has 1 unspecified atom stereocenters. The third-order valence-electron chi connectivity index (χ3n) is 1.97. The molecule has 0 saturated carbocycles. The van der Waals surface area contributed by atoms with E-state index in [0.717, 1.165) is 0 Å². The van der Waals surface area contributed by atoms with Crippen LogP contribution in [0.5, 0.6) is 0 Å². The lowest BCUT2D eigenvalue weighted by molar-refractivity contribution is -0.761. The molecule has 0 aromatic carbocycles. The van der Waals surface area contributed by atoms with Gasteiger partial charge in [-0.05, 0) is 6.42 Å². The number of alkyl halides is 1. The Balaban J connectivity index is 4.36. The molecule has 0 radical (unpaired) electrons. The van der Waals surface area contributed by atoms with E-state index in [1.165, 1.54) is 0 Å². The molecule has 0 rings (SSSR count). The fraction of sp³-hybridized carbons (Fsp3) is 1.00. The van der Waals surface area contributed by atoms with Crippen LogP contribution in [0.15, 0.2) is 0 Å². The average molecular weight is 271 g/mol. The number of hydrogen-bond acceptors (Lipinski definition) is 5. The Morgan fingerprint density at radius 3 is 2.29 bits per heavy atom. The first-order valence-corrected chi connectivity index (χ1v) is 5.03. The molecule has 0 fully saturated rings. The smallest absolute Gasteiger partial charge is 0.294 e. The van der Waals surface area contributed by atoms with E-state index in [1.807, 2.05) is 0 Å². The molecule has 0 aliphatic carbocycles. The Morgan fingerprint density at radius 1 is 1.43 bits per heavy atom. The minimum Gasteiger partial charge on any atom is -0.313 e. The van der Waals surface area contributed by atoms with Crippen LogP contribution in [0.25, 0.3) is 0 Å². The molecule has 1 atom stereocenters. The summed E-state index contributed by atoms with van der Waals surface area (Å²) < 4.78 is 0. The molecule has 0 N–H and O–H groups in total. The van der Waals surface area contributed by atoms with E-state index in [9.17, 15) is 20.2 Å². The van der Waals surface area contributed by atoms with Crippen LogP contribution in [0.3, 0.4) is 0 Å². The zero-order valence-electron chi connectivity index (χ0n) is 7.64. The van der Waals surface area contributed by atoms with Gasteiger partial charge in [-0.25, -0.2) is 0 Å². The van der Waals surface area contributed by atoms with Crippen LogP contribution >= 0.6 is 15.9 Å². The molecule has 8 heteroatoms. The first kappa shape index (κ1) is 13.1. The van der Waals surface area contributed by atoms with Gasteiger partial charge in [0.1, 0.15) is 6.61 Å². The zero-order chi connectivity index (χ0) is 11.2. The van der Waals surface area contributed by atoms with Crippen molar-refractivity contribution in [3.63, 3.8) is 0 Å². The van der Waals surface area contributed by atoms with E-state index in [2.05, 4.69) is 20.8 Å². The van der Waals surface area contributed by atoms with Gasteiger partial charge in [0.25, 0.3) is 5.09 Å². The van der Waals surface area contributed by atoms with Crippen molar-refractivity contribution in [2.24, 2.45) is 5.41 Å². The lowest BCUT2D eigenvalue weighted by Crippen LogP contribution is -2.36. The van der Waals surface area contributed by atoms with Gasteiger partial charge < -0.3 is 4.84 Å². The lowest BCUT2D eigenvalue weighted by Gasteiger charge is -2.24. The van der Waals surface area contributed by atoms with Crippen molar-refractivity contribution in [1.82, 2.24) is 0 Å². The maximum atomic E-state index is 10.3. The van der Waals surface area contributed by atoms with Gasteiger partial charge in [-0.15, -0.1) is 10.1 Å². The van der Waals surface area contributed by atoms with Crippen molar-refractivity contribution in [2.45, 2.75) is 13.3 Å². The summed E-state index contributed by atoms with van der Waals surface area (Å²) in [6, 6.07) is 0. The fourth-order valence-electron chi connectivity index (χ4n) is 0.898. The minimum absolute atomic E-state index is 0.261. The molecule has 0 spiro atoms. The highest BCUT2D eigenvalue weighted by atomic mass is 79.9. The standard InChI is InChI=1S/C6H11BrN2O5/c1-2-6(3-7,4-8(10)11)5-14-9(12)13/h2-5H2,1H3. The topological polar surface area (TPSA) is 95.5 Å². The Bertz CT molecular complexity index is 218. The zero-order valence-corrected chi connectivity index (χ0v) is 9.23. The predicted molar refractivity (Wildman–Crippen MR) is 51.3 cm³/mol. The monoisotopic (exact) mass is 270 g/mol. The summed E-state index contributed by atoms with van der Waals surface area (Å²) in [6.45, 7) is 1.12. The van der Waals surface area contributed by atoms with Crippen LogP contribution in [0, 0.1) is 25.6 Å². The van der Waals surface area contributed by atoms with E-state index in [0.29, 0.717) is 11.8 Å². The van der Waals surface area contributed by atoms with Gasteiger partial charge in [0.2, 0.25) is 6.54 Å². The van der Waals surface area contributed by atoms with Crippen molar-refractivity contribution in [1.29, 1.82) is 0 Å². The summed E-state index contributed by atoms with van der Waals surface area (Å²) in [6.07, 6.45) is 0.438. The Labute approximate surface area is 88.8 Å². The van der Waals surface area contributed by atoms with E-state index in [1.54, 1.807) is 6.92 Å². The van der Waals surface area contributed by atoms with E-state index >= 15 is 0 Å². The normalized spacial score (nSPS) is 14.4. The number of halogens is 1. The van der Waals surface area contributed by atoms with E-state index in [4.69, 9.17) is 0 Å². The van der Waals surface area contributed by atoms with E-state index < -0.39 is 15.4 Å². The van der Waals surface area contributed by atoms with E-state index in [-0.39, 0.29) is 13.2 Å². The van der Waals surface area contributed by atoms with Gasteiger partial charge in [-0.2, -0.15) is 0 Å². The molecular formula is C6H11BrN2O5. The number of rotatable bonds is 7. The predicted octanol–water partition coefficient (Wildman–Crippen LogP) is 1.26. The number of hydrogen-bond donors (Lipinski definition) is 0. The number of nitro groups is 1. The van der Waals surface area contributed by atoms with Crippen molar-refractivity contribution >= 4 is 15.9 Å². The van der Waals surface area contributed by atoms with Crippen molar-refractivity contribution in [2.75, 3.05) is 18.5 Å². The molecule has 0 heterocycles. The molecule has 0 aromatic rings. The molecule has 82 valence electrons. The van der Waals surface area contributed by atoms with Crippen molar-refractivity contribution in [3.05, 3.63) is 20.2 Å². The summed E-state index contributed by atoms with van der Waals surface area (Å²) >= 11 is 3.10. The molecule has 0 aromatic heterocycles. The highest BCUT2D eigenvalue weighted by Gasteiger charge is 2.34. The van der Waals surface area contributed by atoms with Crippen LogP contribution in [-0.2, 0) is 4.84 Å². The molecule has 0 aliphatic rings. The first-order valence-electron chi connectivity index (χ1n) is 3.91. The number of nitrogens with zero attached hydrogens (tertiary/aromatic N) is 2. The van der Waals surface area contributed by atoms with Gasteiger partial charge in [0, 0.05) is 10.3 Å². The van der Waals surface area contributed by atoms with Crippen LogP contribution < -0.4 is 0 Å². The highest BCUT2D eigenvalue weighted by Crippen LogP contribution is 2.25. The van der Waals surface area contributed by atoms with Crippen molar-refractivity contribution < 1.29 is 14.8 Å². The summed E-state index contributed by atoms with van der Waals surface area (Å²) in [5, 5.41) is 19.7. The molecule has 0 aliphatic heterocycles. The highest BCUT2D eigenvalue weighted by molar-refractivity contribution is 9.09. The van der Waals surface area contributed by atoms with Gasteiger partial charge in [0.05, 0.1) is 5.41 Å². The SMILES string of the molecule is CCC(CBr)(CO[N+](=O)[O-])C[N+](=O)[O-]. The molecule has 14 heavy (non-hydrogen) atoms. The second kappa shape index (κ2) is 5.74. The maximum absolute atomic E-state index is 10.3. The second-order valence-corrected chi connectivity index (χ2v) is 3.54. The average Bonchev–Trinajstić information content (AvgIpc) is 2.11. The summed E-state index contributed by atoms with van der Waals surface area (Å²) in [5.41, 5.74) is -0.809. The molecule has 0 bridgehead atoms. The Morgan fingerprint density at radius 2 is 2.00 bits per heavy atom. The quantitative estimate of drug-likeness (QED) is 0.394. The van der Waals surface area contributed by atoms with Crippen molar-refractivity contribution in [3.8, 4) is 0 Å². The first-order chi connectivity index (χ1) is 6.45. The molecular weight excluding hydrogens is 260 g/mol. The van der Waals surface area contributed by atoms with Gasteiger partial charge in [-0.3, -0.25) is 10.1 Å². The third-order valence-corrected chi connectivity index (χ3v) is 3.16. The van der Waals surface area contributed by atoms with Crippen LogP contribution in [0.4, 0.5) is 0 Å². The Hall–Kier alpha value is -0.920. The van der Waals surface area contributed by atoms with Crippen LogP contribution in [0.1, 0.15) is 13.3 Å². The fourth-order valence-corrected chi connectivity index (χ4v) is 1.63. The molecule has 0 amide bonds. The molecule has 7 nitrogen and oxygen atoms in total. The lowest BCUT2D eigenvalue weighted by atomic mass is 9.89. The van der Waals surface area contributed by atoms with Gasteiger partial charge >= 0.3 is 0 Å². The Kier molecular flexibility index (Phi) is 5.36. The summed E-state index contributed by atoms with van der Waals surface area (Å²) in [7, 11) is 0. The van der Waals surface area contributed by atoms with Crippen LogP contribution in [0.2, 0.25) is 0 Å². The minimum atomic E-state index is -0.937. The van der Waals surface area contributed by atoms with Gasteiger partial charge in [0.15, 0.2) is 0 Å². The van der Waals surface area contributed by atoms with Crippen LogP contribution in [-0.4, -0.2) is 28.5 Å². The van der Waals surface area contributed by atoms with Gasteiger partial charge in [-0.1, -0.05) is 22.9 Å². The largest absolute Gasteiger partial charge is 0.313 e. The second-order valence-electron chi connectivity index (χ2n) is 2.98.